The molecule has 0 spiro atoms. The van der Waals surface area contributed by atoms with Crippen molar-refractivity contribution in [2.75, 3.05) is 11.1 Å². The van der Waals surface area contributed by atoms with Crippen LogP contribution < -0.4 is 11.1 Å². The van der Waals surface area contributed by atoms with E-state index in [1.807, 2.05) is 60.7 Å². The number of benzene rings is 3. The van der Waals surface area contributed by atoms with Crippen molar-refractivity contribution in [1.82, 2.24) is 9.97 Å². The molecule has 0 aliphatic rings. The van der Waals surface area contributed by atoms with Gasteiger partial charge in [0, 0.05) is 33.9 Å². The number of aliphatic carboxylic acids is 1. The summed E-state index contributed by atoms with van der Waals surface area (Å²) in [6.07, 6.45) is -3.35. The first-order valence-electron chi connectivity index (χ1n) is 9.89. The number of carboxylic acid groups (broad SMARTS) is 1. The van der Waals surface area contributed by atoms with Crippen LogP contribution in [0.4, 0.5) is 30.5 Å². The zero-order valence-electron chi connectivity index (χ0n) is 17.4. The number of furan rings is 1. The van der Waals surface area contributed by atoms with Gasteiger partial charge in [-0.15, -0.1) is 0 Å². The Morgan fingerprint density at radius 2 is 1.68 bits per heavy atom. The predicted octanol–water partition coefficient (Wildman–Crippen LogP) is 6.00. The summed E-state index contributed by atoms with van der Waals surface area (Å²) in [7, 11) is 0. The Balaban J connectivity index is 0.000000344. The van der Waals surface area contributed by atoms with Gasteiger partial charge in [-0.2, -0.15) is 13.2 Å². The molecule has 2 aromatic heterocycles. The van der Waals surface area contributed by atoms with Crippen molar-refractivity contribution in [3.05, 3.63) is 79.0 Å². The van der Waals surface area contributed by atoms with E-state index in [-0.39, 0.29) is 0 Å². The maximum absolute atomic E-state index is 10.6. The molecule has 0 atom stereocenters. The second-order valence-electron chi connectivity index (χ2n) is 7.10. The number of carboxylic acids is 1. The van der Waals surface area contributed by atoms with Crippen molar-refractivity contribution in [1.29, 1.82) is 0 Å². The molecule has 0 fully saturated rings. The molecule has 0 aliphatic heterocycles. The lowest BCUT2D eigenvalue weighted by Gasteiger charge is -2.07. The van der Waals surface area contributed by atoms with Gasteiger partial charge in [0.1, 0.15) is 11.2 Å². The van der Waals surface area contributed by atoms with Crippen LogP contribution >= 0.6 is 0 Å². The van der Waals surface area contributed by atoms with E-state index < -0.39 is 12.1 Å². The van der Waals surface area contributed by atoms with Crippen LogP contribution in [0.2, 0.25) is 0 Å². The fourth-order valence-corrected chi connectivity index (χ4v) is 3.26. The number of aromatic nitrogens is 2. The first-order valence-corrected chi connectivity index (χ1v) is 9.89. The summed E-state index contributed by atoms with van der Waals surface area (Å²) in [5.74, 6) is -2.25. The summed E-state index contributed by atoms with van der Waals surface area (Å²) in [6, 6.07) is 23.5. The monoisotopic (exact) mass is 466 g/mol. The molecule has 172 valence electrons. The number of carbonyl (C=O) groups is 1. The minimum Gasteiger partial charge on any atom is -0.475 e. The molecular formula is C24H17F3N4O3. The normalized spacial score (nSPS) is 11.1. The number of nitrogens with zero attached hydrogens (tertiary/aromatic N) is 2. The van der Waals surface area contributed by atoms with Crippen molar-refractivity contribution < 1.29 is 27.5 Å². The first-order chi connectivity index (χ1) is 16.2. The minimum atomic E-state index is -5.08. The van der Waals surface area contributed by atoms with Gasteiger partial charge in [0.05, 0.1) is 5.69 Å². The molecule has 2 heterocycles. The highest BCUT2D eigenvalue weighted by Crippen LogP contribution is 2.35. The van der Waals surface area contributed by atoms with E-state index in [9.17, 15) is 13.2 Å². The van der Waals surface area contributed by atoms with Gasteiger partial charge in [-0.25, -0.2) is 14.8 Å². The molecule has 0 unspecified atom stereocenters. The number of para-hydroxylation sites is 2. The van der Waals surface area contributed by atoms with Gasteiger partial charge in [0.25, 0.3) is 0 Å². The third-order valence-corrected chi connectivity index (χ3v) is 4.72. The number of nitrogen functional groups attached to an aromatic ring is 1. The van der Waals surface area contributed by atoms with E-state index in [0.29, 0.717) is 11.6 Å². The highest BCUT2D eigenvalue weighted by Gasteiger charge is 2.38. The Hall–Kier alpha value is -4.60. The lowest BCUT2D eigenvalue weighted by molar-refractivity contribution is -0.192. The summed E-state index contributed by atoms with van der Waals surface area (Å²) in [4.78, 5) is 17.9. The lowest BCUT2D eigenvalue weighted by Crippen LogP contribution is -2.21. The quantitative estimate of drug-likeness (QED) is 0.279. The Labute approximate surface area is 190 Å². The molecule has 3 aromatic carbocycles. The average molecular weight is 466 g/mol. The molecule has 10 heteroatoms. The maximum atomic E-state index is 10.6. The maximum Gasteiger partial charge on any atom is 0.490 e. The Morgan fingerprint density at radius 1 is 0.971 bits per heavy atom. The number of nitrogens with one attached hydrogen (secondary N) is 1. The molecule has 0 bridgehead atoms. The minimum absolute atomic E-state index is 0.506. The largest absolute Gasteiger partial charge is 0.490 e. The van der Waals surface area contributed by atoms with E-state index in [1.165, 1.54) is 0 Å². The lowest BCUT2D eigenvalue weighted by atomic mass is 10.1. The van der Waals surface area contributed by atoms with E-state index in [4.69, 9.17) is 20.1 Å². The molecule has 0 amide bonds. The summed E-state index contributed by atoms with van der Waals surface area (Å²) >= 11 is 0. The van der Waals surface area contributed by atoms with Crippen LogP contribution in [0.3, 0.4) is 0 Å². The number of fused-ring (bicyclic) bond motifs is 3. The Bertz CT molecular complexity index is 1480. The van der Waals surface area contributed by atoms with E-state index in [0.717, 1.165) is 38.9 Å². The fourth-order valence-electron chi connectivity index (χ4n) is 3.26. The van der Waals surface area contributed by atoms with Crippen molar-refractivity contribution in [3.8, 4) is 11.3 Å². The topological polar surface area (TPSA) is 114 Å². The highest BCUT2D eigenvalue weighted by molar-refractivity contribution is 6.09. The standard InChI is InChI=1S/C22H16N4O.C2HF3O2/c23-14-5-3-6-15(13-14)25-22-24-12-11-19(26-22)18-9-4-8-17-16-7-1-2-10-20(16)27-21(17)18;3-2(4,5)1(6)7/h1-13H,23H2,(H,24,25,26);(H,6,7). The van der Waals surface area contributed by atoms with Crippen LogP contribution in [0, 0.1) is 0 Å². The smallest absolute Gasteiger partial charge is 0.475 e. The highest BCUT2D eigenvalue weighted by atomic mass is 19.4. The first kappa shape index (κ1) is 22.6. The van der Waals surface area contributed by atoms with Gasteiger partial charge in [-0.1, -0.05) is 36.4 Å². The van der Waals surface area contributed by atoms with Crippen LogP contribution in [0.1, 0.15) is 0 Å². The van der Waals surface area contributed by atoms with Gasteiger partial charge in [-0.3, -0.25) is 0 Å². The second kappa shape index (κ2) is 9.10. The number of alkyl halides is 3. The summed E-state index contributed by atoms with van der Waals surface area (Å²) in [5.41, 5.74) is 10.8. The number of halogens is 3. The molecule has 0 aliphatic carbocycles. The van der Waals surface area contributed by atoms with Crippen molar-refractivity contribution in [3.63, 3.8) is 0 Å². The van der Waals surface area contributed by atoms with Crippen LogP contribution in [0.5, 0.6) is 0 Å². The summed E-state index contributed by atoms with van der Waals surface area (Å²) < 4.78 is 37.9. The number of anilines is 3. The molecular weight excluding hydrogens is 449 g/mol. The third-order valence-electron chi connectivity index (χ3n) is 4.72. The molecule has 34 heavy (non-hydrogen) atoms. The SMILES string of the molecule is Nc1cccc(Nc2nccc(-c3cccc4c3oc3ccccc34)n2)c1.O=C(O)C(F)(F)F. The predicted molar refractivity (Wildman–Crippen MR) is 123 cm³/mol. The van der Waals surface area contributed by atoms with Crippen molar-refractivity contribution in [2.45, 2.75) is 6.18 Å². The van der Waals surface area contributed by atoms with E-state index in [1.54, 1.807) is 6.20 Å². The van der Waals surface area contributed by atoms with Gasteiger partial charge < -0.3 is 20.6 Å². The molecule has 0 saturated heterocycles. The fraction of sp³-hybridized carbons (Fsp3) is 0.0417. The molecule has 0 saturated carbocycles. The second-order valence-corrected chi connectivity index (χ2v) is 7.10. The number of hydrogen-bond acceptors (Lipinski definition) is 6. The molecule has 0 radical (unpaired) electrons. The van der Waals surface area contributed by atoms with E-state index >= 15 is 0 Å². The van der Waals surface area contributed by atoms with Crippen LogP contribution in [-0.2, 0) is 4.79 Å². The van der Waals surface area contributed by atoms with Crippen LogP contribution in [-0.4, -0.2) is 27.2 Å². The number of hydrogen-bond donors (Lipinski definition) is 3. The number of nitrogens with two attached hydrogens (primary N) is 1. The van der Waals surface area contributed by atoms with Crippen LogP contribution in [0.15, 0.2) is 83.4 Å². The Kier molecular flexibility index (Phi) is 6.05. The van der Waals surface area contributed by atoms with Crippen molar-refractivity contribution in [2.24, 2.45) is 0 Å². The Morgan fingerprint density at radius 3 is 2.41 bits per heavy atom. The van der Waals surface area contributed by atoms with E-state index in [2.05, 4.69) is 27.4 Å². The third kappa shape index (κ3) is 4.90. The molecule has 7 nitrogen and oxygen atoms in total. The summed E-state index contributed by atoms with van der Waals surface area (Å²) in [6.45, 7) is 0. The van der Waals surface area contributed by atoms with Gasteiger partial charge in [-0.05, 0) is 36.4 Å². The number of rotatable bonds is 3. The average Bonchev–Trinajstić information content (AvgIpc) is 3.18. The van der Waals surface area contributed by atoms with Crippen molar-refractivity contribution >= 4 is 45.2 Å². The zero-order valence-corrected chi connectivity index (χ0v) is 17.4. The van der Waals surface area contributed by atoms with Crippen LogP contribution in [0.25, 0.3) is 33.2 Å². The van der Waals surface area contributed by atoms with Gasteiger partial charge in [0.15, 0.2) is 0 Å². The molecule has 5 aromatic rings. The molecule has 4 N–H and O–H groups in total. The van der Waals surface area contributed by atoms with Gasteiger partial charge >= 0.3 is 12.1 Å². The zero-order chi connectivity index (χ0) is 24.3. The molecule has 5 rings (SSSR count). The summed E-state index contributed by atoms with van der Waals surface area (Å²) in [5, 5.41) is 12.5. The van der Waals surface area contributed by atoms with Gasteiger partial charge in [0.2, 0.25) is 5.95 Å².